The zero-order valence-electron chi connectivity index (χ0n) is 31.5. The minimum absolute atomic E-state index is 0.0726. The molecule has 0 saturated heterocycles. The van der Waals surface area contributed by atoms with Gasteiger partial charge in [0.15, 0.2) is 29.1 Å². The van der Waals surface area contributed by atoms with Crippen LogP contribution >= 0.6 is 45.2 Å². The van der Waals surface area contributed by atoms with Crippen molar-refractivity contribution in [2.45, 2.75) is 80.0 Å². The molecule has 2 aliphatic carbocycles. The van der Waals surface area contributed by atoms with E-state index < -0.39 is 113 Å². The van der Waals surface area contributed by atoms with E-state index in [1.165, 1.54) is 31.2 Å². The summed E-state index contributed by atoms with van der Waals surface area (Å²) in [7, 11) is -8.43. The van der Waals surface area contributed by atoms with Crippen molar-refractivity contribution < 1.29 is 68.0 Å². The van der Waals surface area contributed by atoms with Gasteiger partial charge in [0.1, 0.15) is 11.6 Å². The number of sulfonamides is 2. The minimum Gasteiger partial charge on any atom is -0.394 e. The molecule has 2 unspecified atom stereocenters. The molecule has 6 rings (SSSR count). The third-order valence-electron chi connectivity index (χ3n) is 10.4. The van der Waals surface area contributed by atoms with E-state index in [2.05, 4.69) is 4.72 Å². The van der Waals surface area contributed by atoms with Gasteiger partial charge < -0.3 is 20.4 Å². The first-order valence-electron chi connectivity index (χ1n) is 18.1. The van der Waals surface area contributed by atoms with Crippen molar-refractivity contribution in [3.05, 3.63) is 124 Å². The summed E-state index contributed by atoms with van der Waals surface area (Å²) >= 11 is 3.78. The van der Waals surface area contributed by atoms with Crippen LogP contribution < -0.4 is 9.44 Å². The van der Waals surface area contributed by atoms with E-state index in [4.69, 9.17) is 10.2 Å². The molecule has 21 heteroatoms. The summed E-state index contributed by atoms with van der Waals surface area (Å²) in [6.07, 6.45) is -3.11. The van der Waals surface area contributed by atoms with E-state index in [0.717, 1.165) is 12.1 Å². The van der Waals surface area contributed by atoms with Crippen molar-refractivity contribution in [3.63, 3.8) is 0 Å². The van der Waals surface area contributed by atoms with Crippen LogP contribution in [0.5, 0.6) is 0 Å². The Hall–Kier alpha value is -2.81. The molecule has 2 aliphatic rings. The molecule has 60 heavy (non-hydrogen) atoms. The standard InChI is InChI=1S/C20H21F3INO4S.C19H18F4INO4S/c1-11-6-17(22)18(23)15(7-12-2-3-13(24)8-16(12)21)19(11)25-30(28,29)20(4-5-20)9-14(27)10-26;20-14-6-11(24)2-1-10(14)5-13-17(23)15(21)7-16(22)18(13)25-30(28,29)19(3-4-19)8-12(27)9-26/h2-3,6,8,14,25-27H,4-5,7,9-10H2,1H3;1-2,6-7,12,25-27H,3-5,8-9H2. The Morgan fingerprint density at radius 1 is 0.600 bits per heavy atom. The zero-order chi connectivity index (χ0) is 44.5. The lowest BCUT2D eigenvalue weighted by Gasteiger charge is -2.23. The van der Waals surface area contributed by atoms with E-state index in [0.29, 0.717) is 7.14 Å². The molecule has 0 aromatic heterocycles. The molecule has 0 bridgehead atoms. The second-order valence-corrected chi connectivity index (χ2v) is 21.5. The van der Waals surface area contributed by atoms with Gasteiger partial charge in [0.25, 0.3) is 0 Å². The normalized spacial score (nSPS) is 16.4. The molecule has 4 aromatic rings. The fourth-order valence-electron chi connectivity index (χ4n) is 6.67. The molecule has 2 atom stereocenters. The maximum absolute atomic E-state index is 14.7. The van der Waals surface area contributed by atoms with Gasteiger partial charge in [0, 0.05) is 37.2 Å². The highest BCUT2D eigenvalue weighted by Gasteiger charge is 2.56. The molecule has 10 nitrogen and oxygen atoms in total. The molecule has 0 radical (unpaired) electrons. The SMILES string of the molecule is Cc1cc(F)c(F)c(Cc2ccc(I)cc2F)c1NS(=O)(=O)C1(CC(O)CO)CC1.O=S(=O)(Nc1c(F)cc(F)c(F)c1Cc1ccc(I)cc1F)C1(CC(O)CO)CC1. The van der Waals surface area contributed by atoms with Gasteiger partial charge in [-0.15, -0.1) is 0 Å². The molecule has 328 valence electrons. The predicted molar refractivity (Wildman–Crippen MR) is 226 cm³/mol. The molecular formula is C39H39F7I2N2O8S2. The zero-order valence-corrected chi connectivity index (χ0v) is 37.4. The number of benzene rings is 4. The minimum atomic E-state index is -4.34. The first-order valence-corrected chi connectivity index (χ1v) is 23.3. The summed E-state index contributed by atoms with van der Waals surface area (Å²) in [4.78, 5) is 0. The Balaban J connectivity index is 0.000000228. The summed E-state index contributed by atoms with van der Waals surface area (Å²) in [5.74, 6) is -8.13. The van der Waals surface area contributed by atoms with E-state index in [-0.39, 0.29) is 79.0 Å². The van der Waals surface area contributed by atoms with Gasteiger partial charge in [0.2, 0.25) is 20.0 Å². The van der Waals surface area contributed by atoms with Gasteiger partial charge >= 0.3 is 0 Å². The van der Waals surface area contributed by atoms with Crippen LogP contribution in [0.4, 0.5) is 42.1 Å². The van der Waals surface area contributed by atoms with Gasteiger partial charge in [-0.2, -0.15) is 0 Å². The monoisotopic (exact) mass is 1110 g/mol. The molecule has 6 N–H and O–H groups in total. The van der Waals surface area contributed by atoms with Crippen LogP contribution in [-0.4, -0.2) is 72.2 Å². The number of aliphatic hydroxyl groups is 4. The third-order valence-corrected chi connectivity index (χ3v) is 16.1. The number of halogens is 9. The van der Waals surface area contributed by atoms with Gasteiger partial charge in [0.05, 0.1) is 46.3 Å². The van der Waals surface area contributed by atoms with Crippen molar-refractivity contribution in [1.29, 1.82) is 0 Å². The quantitative estimate of drug-likeness (QED) is 0.0393. The highest BCUT2D eigenvalue weighted by Crippen LogP contribution is 2.49. The van der Waals surface area contributed by atoms with Crippen molar-refractivity contribution >= 4 is 76.6 Å². The molecule has 0 amide bonds. The van der Waals surface area contributed by atoms with E-state index in [9.17, 15) is 57.8 Å². The maximum atomic E-state index is 14.7. The first kappa shape index (κ1) is 48.2. The summed E-state index contributed by atoms with van der Waals surface area (Å²) in [6, 6.07) is 9.38. The Kier molecular flexibility index (Phi) is 15.2. The van der Waals surface area contributed by atoms with E-state index in [1.54, 1.807) is 6.07 Å². The van der Waals surface area contributed by atoms with Crippen LogP contribution in [0.25, 0.3) is 0 Å². The predicted octanol–water partition coefficient (Wildman–Crippen LogP) is 7.08. The fraction of sp³-hybridized carbons (Fsp3) is 0.385. The highest BCUT2D eigenvalue weighted by molar-refractivity contribution is 14.1. The molecule has 2 fully saturated rings. The Morgan fingerprint density at radius 2 is 0.983 bits per heavy atom. The van der Waals surface area contributed by atoms with Crippen LogP contribution in [0, 0.1) is 54.8 Å². The third kappa shape index (κ3) is 10.7. The van der Waals surface area contributed by atoms with Crippen LogP contribution in [0.1, 0.15) is 66.3 Å². The summed E-state index contributed by atoms with van der Waals surface area (Å²) in [6.45, 7) is 0.184. The molecule has 2 saturated carbocycles. The van der Waals surface area contributed by atoms with Crippen molar-refractivity contribution in [3.8, 4) is 0 Å². The number of hydrogen-bond donors (Lipinski definition) is 6. The largest absolute Gasteiger partial charge is 0.394 e. The summed E-state index contributed by atoms with van der Waals surface area (Å²) in [5.41, 5.74) is -1.75. The number of aliphatic hydroxyl groups excluding tert-OH is 4. The van der Waals surface area contributed by atoms with Crippen molar-refractivity contribution in [1.82, 2.24) is 0 Å². The van der Waals surface area contributed by atoms with Crippen LogP contribution in [0.15, 0.2) is 48.5 Å². The Labute approximate surface area is 369 Å². The smallest absolute Gasteiger partial charge is 0.238 e. The maximum Gasteiger partial charge on any atom is 0.238 e. The first-order chi connectivity index (χ1) is 28.0. The van der Waals surface area contributed by atoms with Gasteiger partial charge in [-0.1, -0.05) is 12.1 Å². The van der Waals surface area contributed by atoms with E-state index in [1.807, 2.05) is 49.9 Å². The Morgan fingerprint density at radius 3 is 1.37 bits per heavy atom. The van der Waals surface area contributed by atoms with Gasteiger partial charge in [-0.25, -0.2) is 47.6 Å². The summed E-state index contributed by atoms with van der Waals surface area (Å²) in [5, 5.41) is 37.4. The van der Waals surface area contributed by atoms with E-state index >= 15 is 0 Å². The number of rotatable bonds is 16. The lowest BCUT2D eigenvalue weighted by atomic mass is 9.99. The lowest BCUT2D eigenvalue weighted by molar-refractivity contribution is 0.0858. The molecule has 0 heterocycles. The second-order valence-electron chi connectivity index (χ2n) is 14.8. The average Bonchev–Trinajstić information content (AvgIpc) is 4.12. The fourth-order valence-corrected chi connectivity index (χ4v) is 11.2. The molecule has 0 spiro atoms. The Bertz CT molecular complexity index is 2320. The molecule has 0 aliphatic heterocycles. The topological polar surface area (TPSA) is 173 Å². The average molecular weight is 1110 g/mol. The highest BCUT2D eigenvalue weighted by atomic mass is 127. The van der Waals surface area contributed by atoms with Crippen LogP contribution in [-0.2, 0) is 32.9 Å². The molecule has 4 aromatic carbocycles. The summed E-state index contributed by atoms with van der Waals surface area (Å²) < 4.78 is 155. The van der Waals surface area contributed by atoms with Crippen LogP contribution in [0.2, 0.25) is 0 Å². The molecular weight excluding hydrogens is 1080 g/mol. The number of nitrogens with one attached hydrogen (secondary N) is 2. The number of hydrogen-bond acceptors (Lipinski definition) is 8. The number of aryl methyl sites for hydroxylation is 1. The number of anilines is 2. The van der Waals surface area contributed by atoms with Crippen molar-refractivity contribution in [2.24, 2.45) is 0 Å². The van der Waals surface area contributed by atoms with Gasteiger partial charge in [-0.3, -0.25) is 9.44 Å². The lowest BCUT2D eigenvalue weighted by Crippen LogP contribution is -2.35. The van der Waals surface area contributed by atoms with Gasteiger partial charge in [-0.05, 0) is 138 Å². The second kappa shape index (κ2) is 18.9. The van der Waals surface area contributed by atoms with Crippen molar-refractivity contribution in [2.75, 3.05) is 22.7 Å². The van der Waals surface area contributed by atoms with Crippen LogP contribution in [0.3, 0.4) is 0 Å².